The van der Waals surface area contributed by atoms with Crippen LogP contribution < -0.4 is 15.9 Å². The fourth-order valence-corrected chi connectivity index (χ4v) is 13.2. The molecule has 10 heteroatoms. The van der Waals surface area contributed by atoms with Gasteiger partial charge in [0.15, 0.2) is 0 Å². The Morgan fingerprint density at radius 1 is 0.727 bits per heavy atom. The van der Waals surface area contributed by atoms with Crippen molar-refractivity contribution in [2.24, 2.45) is 0 Å². The fourth-order valence-electron chi connectivity index (χ4n) is 3.63. The van der Waals surface area contributed by atoms with E-state index in [9.17, 15) is 21.6 Å². The van der Waals surface area contributed by atoms with E-state index in [0.29, 0.717) is 15.9 Å². The van der Waals surface area contributed by atoms with Crippen molar-refractivity contribution in [2.45, 2.75) is 25.1 Å². The number of benzene rings is 3. The van der Waals surface area contributed by atoms with Crippen molar-refractivity contribution >= 4 is 41.2 Å². The summed E-state index contributed by atoms with van der Waals surface area (Å²) in [6.07, 6.45) is -0.353. The first-order chi connectivity index (χ1) is 15.3. The van der Waals surface area contributed by atoms with Gasteiger partial charge < -0.3 is 0 Å². The Morgan fingerprint density at radius 2 is 1.06 bits per heavy atom. The average Bonchev–Trinajstić information content (AvgIpc) is 2.77. The van der Waals surface area contributed by atoms with Gasteiger partial charge in [0.05, 0.1) is 0 Å². The van der Waals surface area contributed by atoms with E-state index in [0.717, 1.165) is 0 Å². The predicted octanol–water partition coefficient (Wildman–Crippen LogP) is 5.11. The minimum absolute atomic E-state index is 0.326. The van der Waals surface area contributed by atoms with Crippen molar-refractivity contribution in [3.05, 3.63) is 91.0 Å². The Labute approximate surface area is 193 Å². The van der Waals surface area contributed by atoms with Gasteiger partial charge >= 0.3 is 194 Å². The molecule has 0 aliphatic carbocycles. The van der Waals surface area contributed by atoms with Crippen LogP contribution in [0.5, 0.6) is 0 Å². The summed E-state index contributed by atoms with van der Waals surface area (Å²) in [6, 6.07) is 24.7. The molecule has 178 valence electrons. The number of halogens is 3. The fraction of sp³-hybridized carbons (Fsp3) is 0.217. The van der Waals surface area contributed by atoms with Crippen LogP contribution in [0.25, 0.3) is 0 Å². The van der Waals surface area contributed by atoms with E-state index in [1.807, 2.05) is 19.6 Å². The molecule has 4 nitrogen and oxygen atoms in total. The van der Waals surface area contributed by atoms with Crippen LogP contribution in [0.15, 0.2) is 91.0 Å². The van der Waals surface area contributed by atoms with Crippen LogP contribution in [-0.2, 0) is 18.5 Å². The van der Waals surface area contributed by atoms with Gasteiger partial charge in [-0.15, -0.1) is 0 Å². The van der Waals surface area contributed by atoms with Crippen LogP contribution in [0.3, 0.4) is 0 Å². The van der Waals surface area contributed by atoms with E-state index >= 15 is 0 Å². The standard InChI is InChI=1S/C23H26F3O4PSSi/c1-33(2,3)29-19-31(20-13-7-4-8-14-20,21-15-9-5-10-16-21,22-17-11-6-12-18-22)30-32(27,28)23(24,25)26/h4-18H,19H2,1-3H3. The van der Waals surface area contributed by atoms with Gasteiger partial charge in [0.2, 0.25) is 0 Å². The number of alkyl halides is 3. The molecule has 0 saturated heterocycles. The topological polar surface area (TPSA) is 52.6 Å². The van der Waals surface area contributed by atoms with E-state index < -0.39 is 30.8 Å². The molecule has 3 aromatic rings. The second kappa shape index (κ2) is 8.96. The molecule has 0 unspecified atom stereocenters. The number of hydrogen-bond acceptors (Lipinski definition) is 4. The molecule has 3 rings (SSSR count). The number of hydrogen-bond donors (Lipinski definition) is 0. The zero-order valence-corrected chi connectivity index (χ0v) is 21.2. The van der Waals surface area contributed by atoms with Crippen molar-refractivity contribution in [2.75, 3.05) is 6.35 Å². The molecule has 0 aliphatic heterocycles. The van der Waals surface area contributed by atoms with E-state index in [1.165, 1.54) is 0 Å². The van der Waals surface area contributed by atoms with Crippen molar-refractivity contribution < 1.29 is 30.0 Å². The Kier molecular flexibility index (Phi) is 6.95. The molecule has 0 amide bonds. The SMILES string of the molecule is C[Si](C)(C)OCP(OS(=O)(=O)C(F)(F)F)(c1ccccc1)(c1ccccc1)c1ccccc1. The van der Waals surface area contributed by atoms with Crippen LogP contribution in [-0.4, -0.2) is 28.6 Å². The Morgan fingerprint density at radius 3 is 1.33 bits per heavy atom. The monoisotopic (exact) mass is 514 g/mol. The summed E-state index contributed by atoms with van der Waals surface area (Å²) < 4.78 is 78.9. The van der Waals surface area contributed by atoms with Crippen molar-refractivity contribution in [1.82, 2.24) is 0 Å². The summed E-state index contributed by atoms with van der Waals surface area (Å²) in [5, 5.41) is 0.978. The third-order valence-corrected chi connectivity index (χ3v) is 13.9. The summed E-state index contributed by atoms with van der Waals surface area (Å²) in [5.41, 5.74) is -5.62. The first-order valence-electron chi connectivity index (χ1n) is 10.2. The normalized spacial score (nSPS) is 14.4. The second-order valence-corrected chi connectivity index (χ2v) is 19.3. The van der Waals surface area contributed by atoms with Gasteiger partial charge in [0, 0.05) is 0 Å². The quantitative estimate of drug-likeness (QED) is 0.238. The van der Waals surface area contributed by atoms with Gasteiger partial charge in [-0.1, -0.05) is 0 Å². The van der Waals surface area contributed by atoms with Gasteiger partial charge in [-0.3, -0.25) is 0 Å². The maximum atomic E-state index is 13.8. The van der Waals surface area contributed by atoms with Crippen LogP contribution in [0.2, 0.25) is 19.6 Å². The molecule has 0 heterocycles. The Hall–Kier alpha value is -2.03. The molecule has 0 atom stereocenters. The van der Waals surface area contributed by atoms with Crippen molar-refractivity contribution in [1.29, 1.82) is 0 Å². The number of rotatable bonds is 8. The molecule has 0 fully saturated rings. The third kappa shape index (κ3) is 4.79. The second-order valence-electron chi connectivity index (χ2n) is 8.58. The van der Waals surface area contributed by atoms with Crippen molar-refractivity contribution in [3.8, 4) is 0 Å². The molecular weight excluding hydrogens is 488 g/mol. The predicted molar refractivity (Wildman–Crippen MR) is 131 cm³/mol. The van der Waals surface area contributed by atoms with E-state index in [4.69, 9.17) is 8.40 Å². The molecule has 3 aromatic carbocycles. The van der Waals surface area contributed by atoms with Gasteiger partial charge in [0.1, 0.15) is 0 Å². The first kappa shape index (κ1) is 25.6. The molecular formula is C23H26F3O4PSSi. The van der Waals surface area contributed by atoms with Gasteiger partial charge in [-0.25, -0.2) is 0 Å². The van der Waals surface area contributed by atoms with E-state index in [2.05, 4.69) is 0 Å². The molecule has 0 bridgehead atoms. The summed E-state index contributed by atoms with van der Waals surface area (Å²) in [6.45, 7) is 0.807. The summed E-state index contributed by atoms with van der Waals surface area (Å²) in [4.78, 5) is 0. The molecule has 0 spiro atoms. The van der Waals surface area contributed by atoms with Crippen molar-refractivity contribution in [3.63, 3.8) is 0 Å². The third-order valence-electron chi connectivity index (χ3n) is 5.20. The zero-order chi connectivity index (χ0) is 24.4. The molecule has 0 saturated carbocycles. The van der Waals surface area contributed by atoms with E-state index in [-0.39, 0.29) is 6.35 Å². The molecule has 33 heavy (non-hydrogen) atoms. The molecule has 0 aliphatic rings. The summed E-state index contributed by atoms with van der Waals surface area (Å²) in [5.74, 6) is 0. The van der Waals surface area contributed by atoms with Gasteiger partial charge in [-0.05, 0) is 0 Å². The maximum absolute atomic E-state index is 13.8. The summed E-state index contributed by atoms with van der Waals surface area (Å²) >= 11 is 0. The molecule has 0 N–H and O–H groups in total. The van der Waals surface area contributed by atoms with E-state index in [1.54, 1.807) is 91.0 Å². The average molecular weight is 515 g/mol. The first-order valence-corrected chi connectivity index (χ1v) is 17.3. The van der Waals surface area contributed by atoms with Crippen LogP contribution in [0.1, 0.15) is 0 Å². The summed E-state index contributed by atoms with van der Waals surface area (Å²) in [7, 11) is -8.39. The Balaban J connectivity index is 2.57. The van der Waals surface area contributed by atoms with Crippen LogP contribution in [0.4, 0.5) is 13.2 Å². The molecule has 0 aromatic heterocycles. The van der Waals surface area contributed by atoms with Crippen LogP contribution in [0, 0.1) is 0 Å². The van der Waals surface area contributed by atoms with Crippen LogP contribution >= 0.6 is 6.83 Å². The van der Waals surface area contributed by atoms with Gasteiger partial charge in [0.25, 0.3) is 0 Å². The van der Waals surface area contributed by atoms with Gasteiger partial charge in [-0.2, -0.15) is 0 Å². The minimum atomic E-state index is -6.03. The zero-order valence-electron chi connectivity index (χ0n) is 18.5. The Bertz CT molecular complexity index is 1080. The molecule has 0 radical (unpaired) electrons.